The molecule has 0 aliphatic carbocycles. The molecule has 0 saturated carbocycles. The number of fused-ring (bicyclic) bond motifs is 1. The lowest BCUT2D eigenvalue weighted by atomic mass is 9.95. The average molecular weight is 797 g/mol. The molecule has 0 unspecified atom stereocenters. The van der Waals surface area contributed by atoms with Gasteiger partial charge in [-0.2, -0.15) is 0 Å². The summed E-state index contributed by atoms with van der Waals surface area (Å²) in [6.45, 7) is 2.34. The van der Waals surface area contributed by atoms with Gasteiger partial charge in [0.25, 0.3) is 5.56 Å². The van der Waals surface area contributed by atoms with E-state index >= 15 is 0 Å². The highest BCUT2D eigenvalue weighted by molar-refractivity contribution is 14.1. The molecular weight excluding hydrogens is 774 g/mol. The maximum atomic E-state index is 13.8. The Balaban J connectivity index is 1.57. The number of benzene rings is 3. The first-order chi connectivity index (χ1) is 19.3. The fourth-order valence-corrected chi connectivity index (χ4v) is 7.91. The van der Waals surface area contributed by atoms with Crippen LogP contribution in [-0.2, 0) is 16.1 Å². The molecule has 1 aromatic heterocycles. The standard InChI is InChI=1S/C30H23ClI2N2O4S/c1-3-23-25(29(37)38-2)26(19-9-5-4-6-10-19)35-28(36)24(40-30(35)34-23)15-18-13-21(32)27(22(33)14-18)39-16-17-8-7-11-20(31)12-17/h4-15,26H,3,16H2,1-2H3/b24-15+/t26-/m0/s1. The minimum atomic E-state index is -0.621. The molecule has 0 saturated heterocycles. The van der Waals surface area contributed by atoms with Crippen molar-refractivity contribution in [3.63, 3.8) is 0 Å². The van der Waals surface area contributed by atoms with Gasteiger partial charge in [-0.05, 0) is 98.6 Å². The summed E-state index contributed by atoms with van der Waals surface area (Å²) in [5, 5.41) is 0.668. The van der Waals surface area contributed by atoms with E-state index in [9.17, 15) is 9.59 Å². The Morgan fingerprint density at radius 1 is 1.10 bits per heavy atom. The Hall–Kier alpha value is -2.48. The van der Waals surface area contributed by atoms with Gasteiger partial charge in [0.15, 0.2) is 4.80 Å². The van der Waals surface area contributed by atoms with Crippen molar-refractivity contribution in [1.29, 1.82) is 0 Å². The molecule has 204 valence electrons. The molecule has 2 heterocycles. The first-order valence-corrected chi connectivity index (χ1v) is 15.7. The number of allylic oxidation sites excluding steroid dienone is 1. The van der Waals surface area contributed by atoms with Crippen LogP contribution in [-0.4, -0.2) is 17.6 Å². The number of carbonyl (C=O) groups is 1. The Kier molecular flexibility index (Phi) is 9.13. The summed E-state index contributed by atoms with van der Waals surface area (Å²) < 4.78 is 15.2. The number of hydrogen-bond donors (Lipinski definition) is 0. The van der Waals surface area contributed by atoms with Gasteiger partial charge in [-0.25, -0.2) is 9.79 Å². The van der Waals surface area contributed by atoms with E-state index in [0.717, 1.165) is 29.6 Å². The molecule has 1 aliphatic rings. The van der Waals surface area contributed by atoms with Crippen molar-refractivity contribution in [2.45, 2.75) is 26.0 Å². The van der Waals surface area contributed by atoms with Crippen molar-refractivity contribution in [2.24, 2.45) is 4.99 Å². The molecule has 0 fully saturated rings. The Morgan fingerprint density at radius 3 is 2.48 bits per heavy atom. The lowest BCUT2D eigenvalue weighted by Crippen LogP contribution is -2.40. The molecular formula is C30H23ClI2N2O4S. The quantitative estimate of drug-likeness (QED) is 0.164. The maximum absolute atomic E-state index is 13.8. The third-order valence-corrected chi connectivity index (χ3v) is 9.18. The molecule has 0 bridgehead atoms. The zero-order valence-corrected chi connectivity index (χ0v) is 27.4. The van der Waals surface area contributed by atoms with Crippen LogP contribution in [0.2, 0.25) is 5.02 Å². The van der Waals surface area contributed by atoms with Gasteiger partial charge in [-0.3, -0.25) is 9.36 Å². The molecule has 4 aromatic rings. The molecule has 10 heteroatoms. The molecule has 6 nitrogen and oxygen atoms in total. The number of halogens is 3. The van der Waals surface area contributed by atoms with Gasteiger partial charge in [-0.15, -0.1) is 0 Å². The van der Waals surface area contributed by atoms with Crippen LogP contribution < -0.4 is 19.6 Å². The van der Waals surface area contributed by atoms with Crippen LogP contribution in [0.1, 0.15) is 36.1 Å². The SMILES string of the molecule is CCC1=C(C(=O)OC)[C@H](c2ccccc2)n2c(s/c(=C/c3cc(I)c(OCc4cccc(Cl)c4)c(I)c3)c2=O)=N1. The van der Waals surface area contributed by atoms with Crippen LogP contribution in [0.5, 0.6) is 5.75 Å². The Labute approximate surface area is 267 Å². The third kappa shape index (κ3) is 5.93. The number of nitrogens with zero attached hydrogens (tertiary/aromatic N) is 2. The van der Waals surface area contributed by atoms with Crippen molar-refractivity contribution < 1.29 is 14.3 Å². The number of aromatic nitrogens is 1. The van der Waals surface area contributed by atoms with E-state index in [1.54, 1.807) is 4.57 Å². The topological polar surface area (TPSA) is 69.9 Å². The van der Waals surface area contributed by atoms with Gasteiger partial charge in [0.2, 0.25) is 0 Å². The molecule has 1 atom stereocenters. The number of hydrogen-bond acceptors (Lipinski definition) is 6. The summed E-state index contributed by atoms with van der Waals surface area (Å²) in [6.07, 6.45) is 2.40. The lowest BCUT2D eigenvalue weighted by Gasteiger charge is -2.25. The highest BCUT2D eigenvalue weighted by atomic mass is 127. The number of carbonyl (C=O) groups excluding carboxylic acids is 1. The van der Waals surface area contributed by atoms with E-state index < -0.39 is 12.0 Å². The van der Waals surface area contributed by atoms with Crippen LogP contribution in [0.4, 0.5) is 0 Å². The van der Waals surface area contributed by atoms with E-state index in [1.807, 2.05) is 79.7 Å². The molecule has 0 amide bonds. The second-order valence-electron chi connectivity index (χ2n) is 8.93. The number of esters is 1. The van der Waals surface area contributed by atoms with Gasteiger partial charge >= 0.3 is 5.97 Å². The van der Waals surface area contributed by atoms with E-state index in [2.05, 4.69) is 45.2 Å². The molecule has 5 rings (SSSR count). The molecule has 3 aromatic carbocycles. The van der Waals surface area contributed by atoms with Gasteiger partial charge < -0.3 is 9.47 Å². The summed E-state index contributed by atoms with van der Waals surface area (Å²) in [5.41, 5.74) is 3.48. The normalized spacial score (nSPS) is 15.0. The largest absolute Gasteiger partial charge is 0.487 e. The summed E-state index contributed by atoms with van der Waals surface area (Å²) in [7, 11) is 1.35. The van der Waals surface area contributed by atoms with Crippen LogP contribution >= 0.6 is 68.1 Å². The van der Waals surface area contributed by atoms with Gasteiger partial charge in [0, 0.05) is 5.02 Å². The number of thiazole rings is 1. The minimum absolute atomic E-state index is 0.208. The van der Waals surface area contributed by atoms with Crippen LogP contribution in [0.15, 0.2) is 87.8 Å². The minimum Gasteiger partial charge on any atom is -0.487 e. The molecule has 40 heavy (non-hydrogen) atoms. The van der Waals surface area contributed by atoms with E-state index in [4.69, 9.17) is 26.1 Å². The first kappa shape index (κ1) is 29.0. The van der Waals surface area contributed by atoms with Crippen LogP contribution in [0, 0.1) is 7.14 Å². The predicted octanol–water partition coefficient (Wildman–Crippen LogP) is 6.24. The average Bonchev–Trinajstić information content (AvgIpc) is 3.25. The summed E-state index contributed by atoms with van der Waals surface area (Å²) >= 11 is 11.9. The van der Waals surface area contributed by atoms with E-state index in [0.29, 0.717) is 38.7 Å². The van der Waals surface area contributed by atoms with Crippen LogP contribution in [0.3, 0.4) is 0 Å². The zero-order valence-electron chi connectivity index (χ0n) is 21.5. The van der Waals surface area contributed by atoms with Crippen LogP contribution in [0.25, 0.3) is 6.08 Å². The summed E-state index contributed by atoms with van der Waals surface area (Å²) in [4.78, 5) is 32.1. The zero-order chi connectivity index (χ0) is 28.4. The molecule has 0 radical (unpaired) electrons. The summed E-state index contributed by atoms with van der Waals surface area (Å²) in [6, 6.07) is 20.5. The Bertz CT molecular complexity index is 1790. The highest BCUT2D eigenvalue weighted by Crippen LogP contribution is 2.32. The molecule has 1 aliphatic heterocycles. The third-order valence-electron chi connectivity index (χ3n) is 6.36. The first-order valence-electron chi connectivity index (χ1n) is 12.3. The van der Waals surface area contributed by atoms with Crippen molar-refractivity contribution >= 4 is 80.2 Å². The highest BCUT2D eigenvalue weighted by Gasteiger charge is 2.33. The number of ether oxygens (including phenoxy) is 2. The van der Waals surface area contributed by atoms with E-state index in [1.165, 1.54) is 18.4 Å². The number of rotatable bonds is 7. The smallest absolute Gasteiger partial charge is 0.338 e. The van der Waals surface area contributed by atoms with Gasteiger partial charge in [-0.1, -0.05) is 72.3 Å². The second-order valence-corrected chi connectivity index (χ2v) is 12.7. The predicted molar refractivity (Wildman–Crippen MR) is 175 cm³/mol. The molecule has 0 spiro atoms. The fourth-order valence-electron chi connectivity index (χ4n) is 4.55. The van der Waals surface area contributed by atoms with Gasteiger partial charge in [0.05, 0.1) is 36.1 Å². The number of methoxy groups -OCH3 is 1. The fraction of sp³-hybridized carbons (Fsp3) is 0.167. The van der Waals surface area contributed by atoms with Crippen molar-refractivity contribution in [3.8, 4) is 5.75 Å². The van der Waals surface area contributed by atoms with Crippen molar-refractivity contribution in [3.05, 3.63) is 127 Å². The lowest BCUT2D eigenvalue weighted by molar-refractivity contribution is -0.136. The second kappa shape index (κ2) is 12.6. The van der Waals surface area contributed by atoms with Crippen molar-refractivity contribution in [1.82, 2.24) is 4.57 Å². The maximum Gasteiger partial charge on any atom is 0.338 e. The monoisotopic (exact) mass is 796 g/mol. The van der Waals surface area contributed by atoms with Gasteiger partial charge in [0.1, 0.15) is 12.4 Å². The Morgan fingerprint density at radius 2 is 1.82 bits per heavy atom. The van der Waals surface area contributed by atoms with E-state index in [-0.39, 0.29) is 5.56 Å². The van der Waals surface area contributed by atoms with Crippen molar-refractivity contribution in [2.75, 3.05) is 7.11 Å². The summed E-state index contributed by atoms with van der Waals surface area (Å²) in [5.74, 6) is 0.292. The molecule has 0 N–H and O–H groups in total.